The SMILES string of the molecule is CN1CCN(C(=O)CC2(COc3ccccc3)CCN(C(=O)c3ccn(C)n3)CC2)CC1. The third kappa shape index (κ3) is 5.30. The normalized spacial score (nSPS) is 19.1. The number of benzene rings is 1. The number of nitrogens with zero attached hydrogens (tertiary/aromatic N) is 5. The number of likely N-dealkylation sites (N-methyl/N-ethyl adjacent to an activating group) is 1. The molecule has 0 atom stereocenters. The fourth-order valence-corrected chi connectivity index (χ4v) is 4.49. The highest BCUT2D eigenvalue weighted by Crippen LogP contribution is 2.37. The van der Waals surface area contributed by atoms with Crippen molar-refractivity contribution >= 4 is 11.8 Å². The molecule has 2 fully saturated rings. The lowest BCUT2D eigenvalue weighted by Gasteiger charge is -2.42. The van der Waals surface area contributed by atoms with Crippen LogP contribution in [0.25, 0.3) is 0 Å². The molecule has 3 heterocycles. The van der Waals surface area contributed by atoms with Crippen molar-refractivity contribution in [1.29, 1.82) is 0 Å². The van der Waals surface area contributed by atoms with Crippen LogP contribution in [0.4, 0.5) is 0 Å². The van der Waals surface area contributed by atoms with Crippen LogP contribution in [0.1, 0.15) is 29.8 Å². The number of carbonyl (C=O) groups is 2. The zero-order valence-electron chi connectivity index (χ0n) is 19.1. The molecule has 2 saturated heterocycles. The number of aromatic nitrogens is 2. The summed E-state index contributed by atoms with van der Waals surface area (Å²) in [5.41, 5.74) is 0.186. The third-order valence-electron chi connectivity index (χ3n) is 6.71. The van der Waals surface area contributed by atoms with Crippen LogP contribution in [0.2, 0.25) is 0 Å². The number of para-hydroxylation sites is 1. The molecule has 0 spiro atoms. The van der Waals surface area contributed by atoms with Gasteiger partial charge in [0.2, 0.25) is 5.91 Å². The molecule has 1 aromatic heterocycles. The Morgan fingerprint density at radius 3 is 2.25 bits per heavy atom. The highest BCUT2D eigenvalue weighted by molar-refractivity contribution is 5.92. The first-order chi connectivity index (χ1) is 15.4. The van der Waals surface area contributed by atoms with Gasteiger partial charge < -0.3 is 19.4 Å². The van der Waals surface area contributed by atoms with Gasteiger partial charge in [-0.1, -0.05) is 18.2 Å². The number of aryl methyl sites for hydroxylation is 1. The molecule has 0 aliphatic carbocycles. The lowest BCUT2D eigenvalue weighted by atomic mass is 9.75. The Hall–Kier alpha value is -2.87. The molecule has 0 radical (unpaired) electrons. The summed E-state index contributed by atoms with van der Waals surface area (Å²) < 4.78 is 7.78. The fourth-order valence-electron chi connectivity index (χ4n) is 4.49. The number of hydrogen-bond donors (Lipinski definition) is 0. The van der Waals surface area contributed by atoms with Crippen molar-refractivity contribution < 1.29 is 14.3 Å². The van der Waals surface area contributed by atoms with Gasteiger partial charge in [0.25, 0.3) is 5.91 Å². The van der Waals surface area contributed by atoms with E-state index in [1.165, 1.54) is 0 Å². The van der Waals surface area contributed by atoms with Gasteiger partial charge >= 0.3 is 0 Å². The molecule has 2 aromatic rings. The Morgan fingerprint density at radius 2 is 1.62 bits per heavy atom. The van der Waals surface area contributed by atoms with E-state index in [-0.39, 0.29) is 17.2 Å². The fraction of sp³-hybridized carbons (Fsp3) is 0.542. The molecular formula is C24H33N5O3. The molecule has 0 saturated carbocycles. The second-order valence-corrected chi connectivity index (χ2v) is 9.13. The average molecular weight is 440 g/mol. The van der Waals surface area contributed by atoms with Gasteiger partial charge in [-0.05, 0) is 38.1 Å². The number of likely N-dealkylation sites (tertiary alicyclic amines) is 1. The largest absolute Gasteiger partial charge is 0.493 e. The smallest absolute Gasteiger partial charge is 0.274 e. The van der Waals surface area contributed by atoms with Gasteiger partial charge in [0.05, 0.1) is 6.61 Å². The molecule has 32 heavy (non-hydrogen) atoms. The Bertz CT molecular complexity index is 913. The molecule has 0 bridgehead atoms. The van der Waals surface area contributed by atoms with Crippen LogP contribution in [0, 0.1) is 5.41 Å². The van der Waals surface area contributed by atoms with E-state index < -0.39 is 0 Å². The second-order valence-electron chi connectivity index (χ2n) is 9.13. The molecular weight excluding hydrogens is 406 g/mol. The lowest BCUT2D eigenvalue weighted by molar-refractivity contribution is -0.136. The number of hydrogen-bond acceptors (Lipinski definition) is 5. The zero-order valence-corrected chi connectivity index (χ0v) is 19.1. The summed E-state index contributed by atoms with van der Waals surface area (Å²) >= 11 is 0. The minimum Gasteiger partial charge on any atom is -0.493 e. The summed E-state index contributed by atoms with van der Waals surface area (Å²) in [4.78, 5) is 32.1. The van der Waals surface area contributed by atoms with E-state index in [9.17, 15) is 9.59 Å². The topological polar surface area (TPSA) is 70.9 Å². The van der Waals surface area contributed by atoms with E-state index in [1.54, 1.807) is 16.9 Å². The molecule has 2 aliphatic rings. The molecule has 1 aromatic carbocycles. The van der Waals surface area contributed by atoms with Gasteiger partial charge in [0, 0.05) is 64.3 Å². The van der Waals surface area contributed by atoms with Gasteiger partial charge in [-0.2, -0.15) is 5.10 Å². The second kappa shape index (κ2) is 9.73. The van der Waals surface area contributed by atoms with Crippen LogP contribution >= 0.6 is 0 Å². The molecule has 4 rings (SSSR count). The predicted octanol–water partition coefficient (Wildman–Crippen LogP) is 1.89. The Labute approximate surface area is 189 Å². The van der Waals surface area contributed by atoms with Crippen molar-refractivity contribution in [3.63, 3.8) is 0 Å². The van der Waals surface area contributed by atoms with Crippen LogP contribution in [-0.2, 0) is 11.8 Å². The number of piperazine rings is 1. The van der Waals surface area contributed by atoms with Gasteiger partial charge in [0.1, 0.15) is 11.4 Å². The lowest BCUT2D eigenvalue weighted by Crippen LogP contribution is -2.51. The molecule has 8 nitrogen and oxygen atoms in total. The number of piperidine rings is 1. The van der Waals surface area contributed by atoms with Crippen molar-refractivity contribution in [2.75, 3.05) is 52.9 Å². The molecule has 8 heteroatoms. The van der Waals surface area contributed by atoms with E-state index in [0.717, 1.165) is 44.8 Å². The van der Waals surface area contributed by atoms with E-state index in [1.807, 2.05) is 47.2 Å². The van der Waals surface area contributed by atoms with Crippen LogP contribution in [0.15, 0.2) is 42.6 Å². The number of carbonyl (C=O) groups excluding carboxylic acids is 2. The molecule has 172 valence electrons. The van der Waals surface area contributed by atoms with Crippen LogP contribution < -0.4 is 4.74 Å². The van der Waals surface area contributed by atoms with Crippen molar-refractivity contribution in [1.82, 2.24) is 24.5 Å². The Kier molecular flexibility index (Phi) is 6.79. The molecule has 2 aliphatic heterocycles. The molecule has 0 N–H and O–H groups in total. The summed E-state index contributed by atoms with van der Waals surface area (Å²) in [6, 6.07) is 11.5. The van der Waals surface area contributed by atoms with Crippen molar-refractivity contribution in [2.45, 2.75) is 19.3 Å². The maximum Gasteiger partial charge on any atom is 0.274 e. The number of amides is 2. The van der Waals surface area contributed by atoms with E-state index >= 15 is 0 Å². The van der Waals surface area contributed by atoms with Gasteiger partial charge in [-0.15, -0.1) is 0 Å². The maximum atomic E-state index is 13.2. The number of ether oxygens (including phenoxy) is 1. The quantitative estimate of drug-likeness (QED) is 0.687. The zero-order chi connectivity index (χ0) is 22.6. The van der Waals surface area contributed by atoms with Crippen molar-refractivity contribution in [2.24, 2.45) is 12.5 Å². The molecule has 0 unspecified atom stereocenters. The van der Waals surface area contributed by atoms with E-state index in [0.29, 0.717) is 31.8 Å². The summed E-state index contributed by atoms with van der Waals surface area (Å²) in [6.07, 6.45) is 3.70. The summed E-state index contributed by atoms with van der Waals surface area (Å²) in [5.74, 6) is 0.957. The van der Waals surface area contributed by atoms with E-state index in [4.69, 9.17) is 4.74 Å². The van der Waals surface area contributed by atoms with Crippen LogP contribution in [-0.4, -0.2) is 89.2 Å². The van der Waals surface area contributed by atoms with Gasteiger partial charge in [-0.3, -0.25) is 14.3 Å². The van der Waals surface area contributed by atoms with Gasteiger partial charge in [0.15, 0.2) is 0 Å². The van der Waals surface area contributed by atoms with Crippen molar-refractivity contribution in [3.05, 3.63) is 48.3 Å². The minimum absolute atomic E-state index is 0.0476. The maximum absolute atomic E-state index is 13.2. The van der Waals surface area contributed by atoms with Gasteiger partial charge in [-0.25, -0.2) is 0 Å². The first-order valence-corrected chi connectivity index (χ1v) is 11.4. The Balaban J connectivity index is 1.43. The summed E-state index contributed by atoms with van der Waals surface area (Å²) in [5, 5.41) is 4.25. The van der Waals surface area contributed by atoms with Crippen molar-refractivity contribution in [3.8, 4) is 5.75 Å². The number of rotatable bonds is 6. The highest BCUT2D eigenvalue weighted by atomic mass is 16.5. The monoisotopic (exact) mass is 439 g/mol. The summed E-state index contributed by atoms with van der Waals surface area (Å²) in [6.45, 7) is 5.04. The highest BCUT2D eigenvalue weighted by Gasteiger charge is 2.40. The summed E-state index contributed by atoms with van der Waals surface area (Å²) in [7, 11) is 3.90. The minimum atomic E-state index is -0.281. The first-order valence-electron chi connectivity index (χ1n) is 11.4. The standard InChI is InChI=1S/C24H33N5O3/c1-26-14-16-28(17-15-26)22(30)18-24(19-32-20-6-4-3-5-7-20)9-12-29(13-10-24)23(31)21-8-11-27(2)25-21/h3-8,11H,9-10,12-19H2,1-2H3. The predicted molar refractivity (Wildman–Crippen MR) is 121 cm³/mol. The Morgan fingerprint density at radius 1 is 0.938 bits per heavy atom. The first kappa shape index (κ1) is 22.3. The van der Waals surface area contributed by atoms with Crippen LogP contribution in [0.3, 0.4) is 0 Å². The average Bonchev–Trinajstić information content (AvgIpc) is 3.25. The molecule has 2 amide bonds. The third-order valence-corrected chi connectivity index (χ3v) is 6.71. The van der Waals surface area contributed by atoms with Crippen LogP contribution in [0.5, 0.6) is 5.75 Å². The van der Waals surface area contributed by atoms with E-state index in [2.05, 4.69) is 17.0 Å².